The summed E-state index contributed by atoms with van der Waals surface area (Å²) >= 11 is 0. The van der Waals surface area contributed by atoms with E-state index in [0.717, 1.165) is 59.8 Å². The summed E-state index contributed by atoms with van der Waals surface area (Å²) in [5, 5.41) is 0.987. The first-order valence-electron chi connectivity index (χ1n) is 12.9. The van der Waals surface area contributed by atoms with Gasteiger partial charge in [0, 0.05) is 30.2 Å². The zero-order chi connectivity index (χ0) is 23.9. The summed E-state index contributed by atoms with van der Waals surface area (Å²) in [4.78, 5) is 22.6. The number of nitrogens with zero attached hydrogens (tertiary/aromatic N) is 3. The molecular weight excluding hydrogens is 438 g/mol. The van der Waals surface area contributed by atoms with E-state index in [0.29, 0.717) is 12.5 Å². The molecule has 3 aromatic rings. The molecule has 0 saturated carbocycles. The standard InChI is InChI=1S/C29H33N3O3/c1-3-19-18-31-14-11-21(19)16-27(31)28(23-10-13-30-25-9-8-22(34-2)17-24(23)25)35-29(33)32-15-12-20-6-4-5-7-26(20)32/h4-10,13,17,19,21,27-28H,3,11-12,14-16,18H2,1-2H3/t19-,21-,27+,28-/m0/s1. The molecule has 7 rings (SSSR count). The van der Waals surface area contributed by atoms with Gasteiger partial charge < -0.3 is 9.47 Å². The van der Waals surface area contributed by atoms with Gasteiger partial charge in [0.15, 0.2) is 0 Å². The summed E-state index contributed by atoms with van der Waals surface area (Å²) < 4.78 is 12.0. The highest BCUT2D eigenvalue weighted by Crippen LogP contribution is 2.44. The molecule has 4 aliphatic heterocycles. The molecular formula is C29H33N3O3. The van der Waals surface area contributed by atoms with Crippen LogP contribution in [0.3, 0.4) is 0 Å². The van der Waals surface area contributed by atoms with Gasteiger partial charge in [0.25, 0.3) is 0 Å². The highest BCUT2D eigenvalue weighted by Gasteiger charge is 2.45. The van der Waals surface area contributed by atoms with Gasteiger partial charge in [-0.3, -0.25) is 14.8 Å². The van der Waals surface area contributed by atoms with E-state index in [9.17, 15) is 4.79 Å². The minimum Gasteiger partial charge on any atom is -0.497 e. The van der Waals surface area contributed by atoms with Crippen molar-refractivity contribution in [3.8, 4) is 5.75 Å². The summed E-state index contributed by atoms with van der Waals surface area (Å²) in [6.07, 6.45) is 5.57. The van der Waals surface area contributed by atoms with E-state index in [1.165, 1.54) is 18.4 Å². The third kappa shape index (κ3) is 3.94. The first-order valence-corrected chi connectivity index (χ1v) is 12.9. The molecule has 0 radical (unpaired) electrons. The van der Waals surface area contributed by atoms with Crippen molar-refractivity contribution in [3.05, 3.63) is 65.9 Å². The molecule has 35 heavy (non-hydrogen) atoms. The van der Waals surface area contributed by atoms with Crippen LogP contribution in [-0.4, -0.2) is 48.8 Å². The Hall–Kier alpha value is -3.12. The van der Waals surface area contributed by atoms with Crippen LogP contribution in [0.15, 0.2) is 54.7 Å². The van der Waals surface area contributed by atoms with Crippen molar-refractivity contribution in [1.29, 1.82) is 0 Å². The zero-order valence-electron chi connectivity index (χ0n) is 20.5. The number of ether oxygens (including phenoxy) is 2. The van der Waals surface area contributed by atoms with Gasteiger partial charge in [0.1, 0.15) is 11.9 Å². The quantitative estimate of drug-likeness (QED) is 0.485. The van der Waals surface area contributed by atoms with Gasteiger partial charge in [0.05, 0.1) is 24.4 Å². The molecule has 2 aromatic carbocycles. The van der Waals surface area contributed by atoms with E-state index in [-0.39, 0.29) is 18.2 Å². The van der Waals surface area contributed by atoms with Crippen LogP contribution in [0, 0.1) is 11.8 Å². The van der Waals surface area contributed by atoms with E-state index in [4.69, 9.17) is 9.47 Å². The second-order valence-corrected chi connectivity index (χ2v) is 10.1. The topological polar surface area (TPSA) is 54.9 Å². The van der Waals surface area contributed by atoms with E-state index in [2.05, 4.69) is 22.9 Å². The van der Waals surface area contributed by atoms with Crippen LogP contribution < -0.4 is 9.64 Å². The number of rotatable bonds is 5. The van der Waals surface area contributed by atoms with Crippen LogP contribution in [-0.2, 0) is 11.2 Å². The molecule has 182 valence electrons. The molecule has 5 atom stereocenters. The second-order valence-electron chi connectivity index (χ2n) is 10.1. The second kappa shape index (κ2) is 9.15. The Morgan fingerprint density at radius 1 is 1.17 bits per heavy atom. The summed E-state index contributed by atoms with van der Waals surface area (Å²) in [6, 6.07) is 16.3. The fraction of sp³-hybridized carbons (Fsp3) is 0.448. The fourth-order valence-corrected chi connectivity index (χ4v) is 6.53. The molecule has 5 heterocycles. The average Bonchev–Trinajstić information content (AvgIpc) is 3.35. The van der Waals surface area contributed by atoms with E-state index >= 15 is 0 Å². The number of methoxy groups -OCH3 is 1. The number of amides is 1. The van der Waals surface area contributed by atoms with Gasteiger partial charge in [-0.2, -0.15) is 0 Å². The molecule has 6 nitrogen and oxygen atoms in total. The number of pyridine rings is 1. The van der Waals surface area contributed by atoms with Gasteiger partial charge in [-0.25, -0.2) is 4.79 Å². The average molecular weight is 472 g/mol. The van der Waals surface area contributed by atoms with Gasteiger partial charge >= 0.3 is 6.09 Å². The number of carbonyl (C=O) groups excluding carboxylic acids is 1. The summed E-state index contributed by atoms with van der Waals surface area (Å²) in [5.41, 5.74) is 4.07. The van der Waals surface area contributed by atoms with Crippen molar-refractivity contribution in [2.75, 3.05) is 31.6 Å². The van der Waals surface area contributed by atoms with Crippen molar-refractivity contribution in [2.24, 2.45) is 11.8 Å². The minimum atomic E-state index is -0.367. The highest BCUT2D eigenvalue weighted by molar-refractivity contribution is 5.91. The van der Waals surface area contributed by atoms with Crippen molar-refractivity contribution in [2.45, 2.75) is 44.8 Å². The molecule has 2 bridgehead atoms. The molecule has 3 fully saturated rings. The first-order chi connectivity index (χ1) is 17.2. The number of piperidine rings is 3. The van der Waals surface area contributed by atoms with Crippen molar-refractivity contribution in [3.63, 3.8) is 0 Å². The van der Waals surface area contributed by atoms with Gasteiger partial charge in [0.2, 0.25) is 0 Å². The van der Waals surface area contributed by atoms with Crippen molar-refractivity contribution in [1.82, 2.24) is 9.88 Å². The van der Waals surface area contributed by atoms with Crippen molar-refractivity contribution >= 4 is 22.7 Å². The maximum Gasteiger partial charge on any atom is 0.414 e. The summed E-state index contributed by atoms with van der Waals surface area (Å²) in [7, 11) is 1.68. The molecule has 0 N–H and O–H groups in total. The van der Waals surface area contributed by atoms with Crippen LogP contribution in [0.1, 0.15) is 43.4 Å². The summed E-state index contributed by atoms with van der Waals surface area (Å²) in [6.45, 7) is 5.11. The Bertz CT molecular complexity index is 1240. The molecule has 3 saturated heterocycles. The number of hydrogen-bond acceptors (Lipinski definition) is 5. The highest BCUT2D eigenvalue weighted by atomic mass is 16.6. The van der Waals surface area contributed by atoms with Gasteiger partial charge in [-0.15, -0.1) is 0 Å². The maximum absolute atomic E-state index is 13.7. The Labute approximate surface area is 206 Å². The summed E-state index contributed by atoms with van der Waals surface area (Å²) in [5.74, 6) is 2.20. The lowest BCUT2D eigenvalue weighted by Gasteiger charge is -2.51. The molecule has 4 aliphatic rings. The molecule has 1 unspecified atom stereocenters. The lowest BCUT2D eigenvalue weighted by molar-refractivity contribution is -0.0593. The Morgan fingerprint density at radius 3 is 2.86 bits per heavy atom. The number of fused-ring (bicyclic) bond motifs is 5. The van der Waals surface area contributed by atoms with E-state index < -0.39 is 0 Å². The Balaban J connectivity index is 1.39. The van der Waals surface area contributed by atoms with E-state index in [1.807, 2.05) is 48.7 Å². The predicted molar refractivity (Wildman–Crippen MR) is 137 cm³/mol. The third-order valence-electron chi connectivity index (χ3n) is 8.43. The van der Waals surface area contributed by atoms with Crippen molar-refractivity contribution < 1.29 is 14.3 Å². The Kier molecular flexibility index (Phi) is 5.85. The maximum atomic E-state index is 13.7. The van der Waals surface area contributed by atoms with Crippen LogP contribution in [0.5, 0.6) is 5.75 Å². The van der Waals surface area contributed by atoms with Crippen LogP contribution in [0.2, 0.25) is 0 Å². The Morgan fingerprint density at radius 2 is 2.06 bits per heavy atom. The first kappa shape index (κ1) is 22.4. The van der Waals surface area contributed by atoms with Crippen LogP contribution >= 0.6 is 0 Å². The SMILES string of the molecule is CC[C@H]1CN2CC[C@H]1C[C@@H]2[C@@H](OC(=O)N1CCc2ccccc21)c1ccnc2ccc(OC)cc12. The predicted octanol–water partition coefficient (Wildman–Crippen LogP) is 5.60. The van der Waals surface area contributed by atoms with Crippen LogP contribution in [0.4, 0.5) is 10.5 Å². The number of anilines is 1. The minimum absolute atomic E-state index is 0.162. The molecule has 1 amide bonds. The molecule has 6 heteroatoms. The smallest absolute Gasteiger partial charge is 0.414 e. The molecule has 0 spiro atoms. The lowest BCUT2D eigenvalue weighted by atomic mass is 9.72. The van der Waals surface area contributed by atoms with Gasteiger partial charge in [-0.05, 0) is 73.5 Å². The number of benzene rings is 2. The largest absolute Gasteiger partial charge is 0.497 e. The van der Waals surface area contributed by atoms with Gasteiger partial charge in [-0.1, -0.05) is 31.5 Å². The van der Waals surface area contributed by atoms with Crippen LogP contribution in [0.25, 0.3) is 10.9 Å². The zero-order valence-corrected chi connectivity index (χ0v) is 20.5. The number of para-hydroxylation sites is 1. The number of aromatic nitrogens is 1. The molecule has 1 aromatic heterocycles. The third-order valence-corrected chi connectivity index (χ3v) is 8.43. The fourth-order valence-electron chi connectivity index (χ4n) is 6.53. The molecule has 0 aliphatic carbocycles. The van der Waals surface area contributed by atoms with E-state index in [1.54, 1.807) is 12.0 Å². The normalized spacial score (nSPS) is 25.9. The number of hydrogen-bond donors (Lipinski definition) is 0. The monoisotopic (exact) mass is 471 g/mol. The number of carbonyl (C=O) groups is 1. The lowest BCUT2D eigenvalue weighted by Crippen LogP contribution is -2.56.